The first-order valence-corrected chi connectivity index (χ1v) is 6.35. The molecule has 0 saturated heterocycles. The van der Waals surface area contributed by atoms with Gasteiger partial charge in [-0.15, -0.1) is 0 Å². The van der Waals surface area contributed by atoms with Crippen LogP contribution in [0.3, 0.4) is 0 Å². The molecule has 0 aliphatic heterocycles. The first kappa shape index (κ1) is 15.8. The predicted octanol–water partition coefficient (Wildman–Crippen LogP) is 3.96. The van der Waals surface area contributed by atoms with E-state index < -0.39 is 17.8 Å². The van der Waals surface area contributed by atoms with Crippen LogP contribution in [0.1, 0.15) is 11.1 Å². The Labute approximate surface area is 124 Å². The predicted molar refractivity (Wildman–Crippen MR) is 74.8 cm³/mol. The Hall–Kier alpha value is -2.54. The van der Waals surface area contributed by atoms with Gasteiger partial charge in [-0.1, -0.05) is 30.3 Å². The van der Waals surface area contributed by atoms with E-state index in [9.17, 15) is 18.0 Å². The van der Waals surface area contributed by atoms with Crippen LogP contribution < -0.4 is 10.8 Å². The van der Waals surface area contributed by atoms with Crippen LogP contribution in [0.15, 0.2) is 54.6 Å². The van der Waals surface area contributed by atoms with Crippen molar-refractivity contribution in [1.82, 2.24) is 5.48 Å². The maximum Gasteiger partial charge on any atom is 0.416 e. The number of urea groups is 1. The van der Waals surface area contributed by atoms with E-state index in [2.05, 4.69) is 10.8 Å². The number of carbonyl (C=O) groups excluding carboxylic acids is 1. The van der Waals surface area contributed by atoms with Crippen molar-refractivity contribution in [1.29, 1.82) is 0 Å². The summed E-state index contributed by atoms with van der Waals surface area (Å²) in [5.41, 5.74) is 2.48. The number of anilines is 1. The van der Waals surface area contributed by atoms with Gasteiger partial charge in [0.1, 0.15) is 0 Å². The second-order valence-corrected chi connectivity index (χ2v) is 4.41. The molecule has 2 aromatic rings. The molecule has 0 radical (unpaired) electrons. The van der Waals surface area contributed by atoms with Crippen molar-refractivity contribution in [3.05, 3.63) is 65.7 Å². The van der Waals surface area contributed by atoms with Crippen molar-refractivity contribution in [2.45, 2.75) is 12.8 Å². The fourth-order valence-corrected chi connectivity index (χ4v) is 1.66. The normalized spacial score (nSPS) is 11.0. The lowest BCUT2D eigenvalue weighted by molar-refractivity contribution is -0.137. The van der Waals surface area contributed by atoms with E-state index in [1.54, 1.807) is 0 Å². The Morgan fingerprint density at radius 2 is 1.64 bits per heavy atom. The van der Waals surface area contributed by atoms with Gasteiger partial charge < -0.3 is 5.32 Å². The van der Waals surface area contributed by atoms with Crippen LogP contribution in [0.2, 0.25) is 0 Å². The van der Waals surface area contributed by atoms with E-state index in [0.29, 0.717) is 0 Å². The summed E-state index contributed by atoms with van der Waals surface area (Å²) in [6.07, 6.45) is -4.40. The molecule has 2 aromatic carbocycles. The third-order valence-corrected chi connectivity index (χ3v) is 2.72. The van der Waals surface area contributed by atoms with Gasteiger partial charge in [-0.3, -0.25) is 4.84 Å². The van der Waals surface area contributed by atoms with Gasteiger partial charge in [-0.25, -0.2) is 10.3 Å². The molecule has 0 fully saturated rings. The molecule has 0 saturated carbocycles. The molecule has 2 rings (SSSR count). The third kappa shape index (κ3) is 4.78. The third-order valence-electron chi connectivity index (χ3n) is 2.72. The van der Waals surface area contributed by atoms with Crippen LogP contribution in [0.25, 0.3) is 0 Å². The lowest BCUT2D eigenvalue weighted by Gasteiger charge is -2.10. The van der Waals surface area contributed by atoms with Gasteiger partial charge >= 0.3 is 12.2 Å². The fourth-order valence-electron chi connectivity index (χ4n) is 1.66. The van der Waals surface area contributed by atoms with Crippen molar-refractivity contribution in [2.75, 3.05) is 5.32 Å². The van der Waals surface area contributed by atoms with Crippen LogP contribution in [0, 0.1) is 0 Å². The van der Waals surface area contributed by atoms with E-state index in [1.807, 2.05) is 30.3 Å². The van der Waals surface area contributed by atoms with Crippen molar-refractivity contribution >= 4 is 11.7 Å². The molecule has 0 aliphatic carbocycles. The fraction of sp³-hybridized carbons (Fsp3) is 0.133. The van der Waals surface area contributed by atoms with Gasteiger partial charge in [0.05, 0.1) is 12.2 Å². The number of hydrogen-bond donors (Lipinski definition) is 2. The minimum absolute atomic E-state index is 0.182. The second kappa shape index (κ2) is 6.95. The van der Waals surface area contributed by atoms with Crippen LogP contribution >= 0.6 is 0 Å². The van der Waals surface area contributed by atoms with Crippen LogP contribution in [-0.2, 0) is 17.6 Å². The molecule has 2 N–H and O–H groups in total. The highest BCUT2D eigenvalue weighted by molar-refractivity contribution is 5.88. The molecule has 4 nitrogen and oxygen atoms in total. The summed E-state index contributed by atoms with van der Waals surface area (Å²) in [5, 5.41) is 2.36. The summed E-state index contributed by atoms with van der Waals surface area (Å²) in [5.74, 6) is 0. The first-order valence-electron chi connectivity index (χ1n) is 6.35. The minimum atomic E-state index is -4.40. The smallest absolute Gasteiger partial charge is 0.306 e. The Bertz CT molecular complexity index is 613. The minimum Gasteiger partial charge on any atom is -0.306 e. The largest absolute Gasteiger partial charge is 0.416 e. The topological polar surface area (TPSA) is 50.4 Å². The van der Waals surface area contributed by atoms with Crippen LogP contribution in [0.4, 0.5) is 23.7 Å². The van der Waals surface area contributed by atoms with Gasteiger partial charge in [-0.05, 0) is 29.8 Å². The lowest BCUT2D eigenvalue weighted by Crippen LogP contribution is -2.28. The SMILES string of the molecule is O=C(NOCc1ccccc1)Nc1ccc(C(F)(F)F)cc1. The summed E-state index contributed by atoms with van der Waals surface area (Å²) in [4.78, 5) is 16.5. The highest BCUT2D eigenvalue weighted by atomic mass is 19.4. The van der Waals surface area contributed by atoms with Gasteiger partial charge in [0, 0.05) is 5.69 Å². The quantitative estimate of drug-likeness (QED) is 0.840. The zero-order valence-corrected chi connectivity index (χ0v) is 11.4. The highest BCUT2D eigenvalue weighted by Gasteiger charge is 2.29. The molecular weight excluding hydrogens is 297 g/mol. The molecule has 2 amide bonds. The summed E-state index contributed by atoms with van der Waals surface area (Å²) in [6, 6.07) is 12.6. The maximum absolute atomic E-state index is 12.4. The summed E-state index contributed by atoms with van der Waals surface area (Å²) < 4.78 is 37.2. The summed E-state index contributed by atoms with van der Waals surface area (Å²) in [6.45, 7) is 0.182. The Morgan fingerprint density at radius 1 is 1.00 bits per heavy atom. The van der Waals surface area contributed by atoms with Crippen LogP contribution in [-0.4, -0.2) is 6.03 Å². The number of carbonyl (C=O) groups is 1. The van der Waals surface area contributed by atoms with E-state index in [1.165, 1.54) is 12.1 Å². The Morgan fingerprint density at radius 3 is 2.23 bits per heavy atom. The van der Waals surface area contributed by atoms with Crippen molar-refractivity contribution in [2.24, 2.45) is 0 Å². The average molecular weight is 310 g/mol. The van der Waals surface area contributed by atoms with Crippen molar-refractivity contribution in [3.8, 4) is 0 Å². The Balaban J connectivity index is 1.79. The average Bonchev–Trinajstić information content (AvgIpc) is 2.48. The maximum atomic E-state index is 12.4. The number of hydroxylamine groups is 1. The molecule has 22 heavy (non-hydrogen) atoms. The van der Waals surface area contributed by atoms with E-state index in [4.69, 9.17) is 4.84 Å². The number of amides is 2. The monoisotopic (exact) mass is 310 g/mol. The molecule has 0 spiro atoms. The highest BCUT2D eigenvalue weighted by Crippen LogP contribution is 2.29. The number of alkyl halides is 3. The molecule has 0 atom stereocenters. The van der Waals surface area contributed by atoms with E-state index in [0.717, 1.165) is 17.7 Å². The van der Waals surface area contributed by atoms with Crippen molar-refractivity contribution in [3.63, 3.8) is 0 Å². The van der Waals surface area contributed by atoms with Crippen LogP contribution in [0.5, 0.6) is 0 Å². The number of rotatable bonds is 4. The molecule has 0 unspecified atom stereocenters. The summed E-state index contributed by atoms with van der Waals surface area (Å²) in [7, 11) is 0. The Kier molecular flexibility index (Phi) is 5.00. The van der Waals surface area contributed by atoms with E-state index in [-0.39, 0.29) is 12.3 Å². The molecular formula is C15H13F3N2O2. The first-order chi connectivity index (χ1) is 10.4. The molecule has 0 bridgehead atoms. The molecule has 0 aromatic heterocycles. The zero-order valence-electron chi connectivity index (χ0n) is 11.4. The standard InChI is InChI=1S/C15H13F3N2O2/c16-15(17,18)12-6-8-13(9-7-12)19-14(21)20-22-10-11-4-2-1-3-5-11/h1-9H,10H2,(H2,19,20,21). The molecule has 0 heterocycles. The number of hydrogen-bond acceptors (Lipinski definition) is 2. The molecule has 7 heteroatoms. The van der Waals surface area contributed by atoms with Gasteiger partial charge in [-0.2, -0.15) is 13.2 Å². The molecule has 116 valence electrons. The van der Waals surface area contributed by atoms with Crippen molar-refractivity contribution < 1.29 is 22.8 Å². The molecule has 0 aliphatic rings. The summed E-state index contributed by atoms with van der Waals surface area (Å²) >= 11 is 0. The number of halogens is 3. The zero-order chi connectivity index (χ0) is 16.0. The van der Waals surface area contributed by atoms with Gasteiger partial charge in [0.25, 0.3) is 0 Å². The number of benzene rings is 2. The van der Waals surface area contributed by atoms with Gasteiger partial charge in [0.2, 0.25) is 0 Å². The second-order valence-electron chi connectivity index (χ2n) is 4.41. The van der Waals surface area contributed by atoms with Gasteiger partial charge in [0.15, 0.2) is 0 Å². The lowest BCUT2D eigenvalue weighted by atomic mass is 10.2. The number of nitrogens with one attached hydrogen (secondary N) is 2. The van der Waals surface area contributed by atoms with E-state index >= 15 is 0 Å².